The summed E-state index contributed by atoms with van der Waals surface area (Å²) in [5, 5.41) is 13.3. The molecule has 3 heterocycles. The first-order chi connectivity index (χ1) is 18.4. The molecule has 4 aromatic rings. The summed E-state index contributed by atoms with van der Waals surface area (Å²) >= 11 is 0. The summed E-state index contributed by atoms with van der Waals surface area (Å²) in [6, 6.07) is 13.9. The number of aryl methyl sites for hydroxylation is 1. The summed E-state index contributed by atoms with van der Waals surface area (Å²) in [5.74, 6) is 1.33. The fraction of sp³-hybridized carbons (Fsp3) is 0.393. The first-order valence-corrected chi connectivity index (χ1v) is 14.7. The van der Waals surface area contributed by atoms with Crippen LogP contribution in [0, 0.1) is 0 Å². The molecule has 0 unspecified atom stereocenters. The Balaban J connectivity index is 1.48. The predicted molar refractivity (Wildman–Crippen MR) is 146 cm³/mol. The van der Waals surface area contributed by atoms with E-state index >= 15 is 0 Å². The van der Waals surface area contributed by atoms with E-state index in [2.05, 4.69) is 31.1 Å². The highest BCUT2D eigenvalue weighted by atomic mass is 32.2. The molecule has 1 amide bonds. The second kappa shape index (κ2) is 11.1. The molecule has 1 aliphatic heterocycles. The average molecular weight is 535 g/mol. The Labute approximate surface area is 223 Å². The van der Waals surface area contributed by atoms with Gasteiger partial charge in [0.25, 0.3) is 5.91 Å². The lowest BCUT2D eigenvalue weighted by Gasteiger charge is -2.21. The smallest absolute Gasteiger partial charge is 0.251 e. The van der Waals surface area contributed by atoms with Crippen molar-refractivity contribution in [3.05, 3.63) is 77.5 Å². The van der Waals surface area contributed by atoms with Crippen LogP contribution in [0.25, 0.3) is 10.9 Å². The lowest BCUT2D eigenvalue weighted by molar-refractivity contribution is 0.0933. The van der Waals surface area contributed by atoms with Gasteiger partial charge in [0.05, 0.1) is 10.9 Å². The summed E-state index contributed by atoms with van der Waals surface area (Å²) in [7, 11) is -3.69. The molecule has 0 saturated heterocycles. The molecule has 0 spiro atoms. The highest BCUT2D eigenvalue weighted by Crippen LogP contribution is 2.27. The molecule has 1 atom stereocenters. The highest BCUT2D eigenvalue weighted by Gasteiger charge is 2.27. The van der Waals surface area contributed by atoms with Gasteiger partial charge in [-0.1, -0.05) is 44.5 Å². The standard InChI is InChI=1S/C28H34N6O3S/c1-3-33(4-2)38(36,37)22-12-10-11-20(17-22)28(35)30-25(18-21-19-29-24-14-8-7-13-23(21)24)27-32-31-26-15-6-5-9-16-34(26)27/h7-8,10-14,17,19,25,29H,3-6,9,15-16,18H2,1-2H3,(H,30,35)/t25-/m1/s1. The molecule has 0 fully saturated rings. The van der Waals surface area contributed by atoms with Crippen LogP contribution in [0.2, 0.25) is 0 Å². The number of nitrogens with one attached hydrogen (secondary N) is 2. The fourth-order valence-corrected chi connectivity index (χ4v) is 6.75. The maximum absolute atomic E-state index is 13.6. The number of para-hydroxylation sites is 1. The van der Waals surface area contributed by atoms with Gasteiger partial charge in [-0.2, -0.15) is 4.31 Å². The van der Waals surface area contributed by atoms with Crippen molar-refractivity contribution in [1.82, 2.24) is 29.4 Å². The normalized spacial score (nSPS) is 14.8. The van der Waals surface area contributed by atoms with Crippen molar-refractivity contribution >= 4 is 26.8 Å². The third kappa shape index (κ3) is 5.10. The number of aromatic amines is 1. The number of benzene rings is 2. The number of hydrogen-bond acceptors (Lipinski definition) is 5. The zero-order valence-corrected chi connectivity index (χ0v) is 22.7. The molecular weight excluding hydrogens is 500 g/mol. The molecule has 0 bridgehead atoms. The topological polar surface area (TPSA) is 113 Å². The molecule has 0 radical (unpaired) electrons. The molecular formula is C28H34N6O3S. The number of carbonyl (C=O) groups excluding carboxylic acids is 1. The van der Waals surface area contributed by atoms with Gasteiger partial charge >= 0.3 is 0 Å². The number of hydrogen-bond donors (Lipinski definition) is 2. The van der Waals surface area contributed by atoms with Gasteiger partial charge in [-0.25, -0.2) is 8.42 Å². The minimum Gasteiger partial charge on any atom is -0.361 e. The van der Waals surface area contributed by atoms with Crippen molar-refractivity contribution in [2.75, 3.05) is 13.1 Å². The van der Waals surface area contributed by atoms with Crippen molar-refractivity contribution < 1.29 is 13.2 Å². The number of fused-ring (bicyclic) bond motifs is 2. The Kier molecular flexibility index (Phi) is 7.62. The van der Waals surface area contributed by atoms with E-state index in [-0.39, 0.29) is 16.4 Å². The number of rotatable bonds is 9. The number of nitrogens with zero attached hydrogens (tertiary/aromatic N) is 4. The van der Waals surface area contributed by atoms with E-state index in [1.165, 1.54) is 16.4 Å². The molecule has 200 valence electrons. The second-order valence-electron chi connectivity index (χ2n) is 9.64. The number of carbonyl (C=O) groups is 1. The van der Waals surface area contributed by atoms with Crippen LogP contribution in [-0.2, 0) is 29.4 Å². The van der Waals surface area contributed by atoms with Crippen molar-refractivity contribution in [3.63, 3.8) is 0 Å². The van der Waals surface area contributed by atoms with Crippen LogP contribution in [0.5, 0.6) is 0 Å². The Morgan fingerprint density at radius 3 is 2.71 bits per heavy atom. The lowest BCUT2D eigenvalue weighted by Crippen LogP contribution is -2.33. The Morgan fingerprint density at radius 2 is 1.89 bits per heavy atom. The average Bonchev–Trinajstić information content (AvgIpc) is 3.45. The highest BCUT2D eigenvalue weighted by molar-refractivity contribution is 7.89. The molecule has 2 aromatic heterocycles. The Hall–Kier alpha value is -3.50. The van der Waals surface area contributed by atoms with E-state index < -0.39 is 16.1 Å². The van der Waals surface area contributed by atoms with Crippen LogP contribution in [0.4, 0.5) is 0 Å². The van der Waals surface area contributed by atoms with Crippen molar-refractivity contribution in [1.29, 1.82) is 0 Å². The molecule has 9 nitrogen and oxygen atoms in total. The van der Waals surface area contributed by atoms with Gasteiger partial charge in [0.1, 0.15) is 5.82 Å². The van der Waals surface area contributed by atoms with Crippen molar-refractivity contribution in [2.45, 2.75) is 63.4 Å². The molecule has 1 aliphatic rings. The molecule has 0 aliphatic carbocycles. The SMILES string of the molecule is CCN(CC)S(=O)(=O)c1cccc(C(=O)N[C@H](Cc2c[nH]c3ccccc23)c2nnc3n2CCCCC3)c1. The molecule has 38 heavy (non-hydrogen) atoms. The maximum Gasteiger partial charge on any atom is 0.251 e. The number of aromatic nitrogens is 4. The van der Waals surface area contributed by atoms with E-state index in [0.29, 0.717) is 19.5 Å². The molecule has 5 rings (SSSR count). The van der Waals surface area contributed by atoms with Crippen molar-refractivity contribution in [3.8, 4) is 0 Å². The van der Waals surface area contributed by atoms with Crippen LogP contribution in [0.1, 0.15) is 66.7 Å². The van der Waals surface area contributed by atoms with E-state index in [1.54, 1.807) is 26.0 Å². The predicted octanol–water partition coefficient (Wildman–Crippen LogP) is 4.23. The fourth-order valence-electron chi connectivity index (χ4n) is 5.24. The number of sulfonamides is 1. The summed E-state index contributed by atoms with van der Waals surface area (Å²) in [6.45, 7) is 5.14. The van der Waals surface area contributed by atoms with Crippen molar-refractivity contribution in [2.24, 2.45) is 0 Å². The minimum absolute atomic E-state index is 0.110. The van der Waals surface area contributed by atoms with E-state index in [4.69, 9.17) is 0 Å². The van der Waals surface area contributed by atoms with Crippen LogP contribution in [0.15, 0.2) is 59.6 Å². The molecule has 2 N–H and O–H groups in total. The third-order valence-corrected chi connectivity index (χ3v) is 9.34. The first-order valence-electron chi connectivity index (χ1n) is 13.3. The second-order valence-corrected chi connectivity index (χ2v) is 11.6. The molecule has 10 heteroatoms. The summed E-state index contributed by atoms with van der Waals surface area (Å²) < 4.78 is 29.7. The Bertz CT molecular complexity index is 1540. The molecule has 2 aromatic carbocycles. The van der Waals surface area contributed by atoms with Gasteiger partial charge in [-0.15, -0.1) is 10.2 Å². The van der Waals surface area contributed by atoms with Gasteiger partial charge in [0, 0.05) is 55.1 Å². The maximum atomic E-state index is 13.6. The van der Waals surface area contributed by atoms with E-state index in [0.717, 1.165) is 60.3 Å². The zero-order chi connectivity index (χ0) is 26.7. The van der Waals surface area contributed by atoms with Crippen LogP contribution in [0.3, 0.4) is 0 Å². The number of amides is 1. The summed E-state index contributed by atoms with van der Waals surface area (Å²) in [6.07, 6.45) is 6.61. The Morgan fingerprint density at radius 1 is 1.08 bits per heavy atom. The largest absolute Gasteiger partial charge is 0.361 e. The van der Waals surface area contributed by atoms with Crippen LogP contribution in [-0.4, -0.2) is 51.5 Å². The number of H-pyrrole nitrogens is 1. The quantitative estimate of drug-likeness (QED) is 0.334. The third-order valence-electron chi connectivity index (χ3n) is 7.29. The van der Waals surface area contributed by atoms with Gasteiger partial charge in [-0.05, 0) is 42.7 Å². The summed E-state index contributed by atoms with van der Waals surface area (Å²) in [4.78, 5) is 17.0. The minimum atomic E-state index is -3.69. The van der Waals surface area contributed by atoms with E-state index in [1.807, 2.05) is 24.4 Å². The van der Waals surface area contributed by atoms with Gasteiger partial charge < -0.3 is 14.9 Å². The lowest BCUT2D eigenvalue weighted by atomic mass is 10.0. The zero-order valence-electron chi connectivity index (χ0n) is 21.9. The van der Waals surface area contributed by atoms with E-state index in [9.17, 15) is 13.2 Å². The summed E-state index contributed by atoms with van der Waals surface area (Å²) in [5.41, 5.74) is 2.38. The van der Waals surface area contributed by atoms with Gasteiger partial charge in [0.15, 0.2) is 5.82 Å². The van der Waals surface area contributed by atoms with Gasteiger partial charge in [-0.3, -0.25) is 4.79 Å². The van der Waals surface area contributed by atoms with Gasteiger partial charge in [0.2, 0.25) is 10.0 Å². The van der Waals surface area contributed by atoms with Crippen LogP contribution < -0.4 is 5.32 Å². The molecule has 0 saturated carbocycles. The first kappa shape index (κ1) is 26.1. The monoisotopic (exact) mass is 534 g/mol. The van der Waals surface area contributed by atoms with Crippen LogP contribution >= 0.6 is 0 Å².